The molecule has 0 bridgehead atoms. The molecule has 0 radical (unpaired) electrons. The molecule has 3 aromatic rings. The van der Waals surface area contributed by atoms with E-state index in [4.69, 9.17) is 11.6 Å². The SMILES string of the molecule is CCc1cnc(C(C)Nc2cnn(-c3ccc(C(F)(F)F)cn3)c(=O)c2Cl)s1. The first-order chi connectivity index (χ1) is 13.2. The molecule has 0 spiro atoms. The van der Waals surface area contributed by atoms with Crippen molar-refractivity contribution < 1.29 is 13.2 Å². The minimum atomic E-state index is -4.51. The van der Waals surface area contributed by atoms with E-state index >= 15 is 0 Å². The molecule has 3 heterocycles. The number of hydrogen-bond acceptors (Lipinski definition) is 6. The maximum Gasteiger partial charge on any atom is 0.417 e. The summed E-state index contributed by atoms with van der Waals surface area (Å²) in [5.74, 6) is -0.0630. The van der Waals surface area contributed by atoms with Gasteiger partial charge < -0.3 is 5.32 Å². The van der Waals surface area contributed by atoms with Crippen LogP contribution in [0.4, 0.5) is 18.9 Å². The Morgan fingerprint density at radius 2 is 2.00 bits per heavy atom. The van der Waals surface area contributed by atoms with E-state index in [1.807, 2.05) is 13.8 Å². The number of nitrogens with one attached hydrogen (secondary N) is 1. The van der Waals surface area contributed by atoms with E-state index in [0.717, 1.165) is 33.1 Å². The number of pyridine rings is 1. The van der Waals surface area contributed by atoms with Gasteiger partial charge in [-0.05, 0) is 25.5 Å². The lowest BCUT2D eigenvalue weighted by molar-refractivity contribution is -0.137. The van der Waals surface area contributed by atoms with E-state index in [2.05, 4.69) is 20.4 Å². The zero-order chi connectivity index (χ0) is 20.5. The number of alkyl halides is 3. The third kappa shape index (κ3) is 4.17. The molecule has 148 valence electrons. The summed E-state index contributed by atoms with van der Waals surface area (Å²) in [6.45, 7) is 3.91. The van der Waals surface area contributed by atoms with Crippen LogP contribution in [-0.2, 0) is 12.6 Å². The van der Waals surface area contributed by atoms with Crippen LogP contribution in [0.5, 0.6) is 0 Å². The maximum atomic E-state index is 12.6. The first-order valence-electron chi connectivity index (χ1n) is 8.23. The average molecular weight is 430 g/mol. The van der Waals surface area contributed by atoms with Gasteiger partial charge in [-0.3, -0.25) is 4.79 Å². The fourth-order valence-electron chi connectivity index (χ4n) is 2.36. The van der Waals surface area contributed by atoms with Crippen molar-refractivity contribution in [3.05, 3.63) is 61.5 Å². The Labute approximate surface area is 167 Å². The normalized spacial score (nSPS) is 12.8. The molecule has 0 aliphatic rings. The average Bonchev–Trinajstić information content (AvgIpc) is 3.14. The summed E-state index contributed by atoms with van der Waals surface area (Å²) in [5, 5.41) is 7.74. The molecule has 28 heavy (non-hydrogen) atoms. The lowest BCUT2D eigenvalue weighted by Gasteiger charge is -2.14. The van der Waals surface area contributed by atoms with E-state index in [1.54, 1.807) is 17.5 Å². The van der Waals surface area contributed by atoms with Gasteiger partial charge in [-0.1, -0.05) is 18.5 Å². The second kappa shape index (κ2) is 7.88. The zero-order valence-electron chi connectivity index (χ0n) is 14.8. The van der Waals surface area contributed by atoms with Gasteiger partial charge in [0.1, 0.15) is 10.0 Å². The molecular weight excluding hydrogens is 415 g/mol. The van der Waals surface area contributed by atoms with Crippen molar-refractivity contribution in [2.45, 2.75) is 32.5 Å². The van der Waals surface area contributed by atoms with Crippen LogP contribution in [0.3, 0.4) is 0 Å². The van der Waals surface area contributed by atoms with E-state index in [1.165, 1.54) is 6.20 Å². The maximum absolute atomic E-state index is 12.6. The third-order valence-corrected chi connectivity index (χ3v) is 5.56. The molecular formula is C17H15ClF3N5OS. The van der Waals surface area contributed by atoms with Crippen LogP contribution in [0.1, 0.15) is 35.3 Å². The molecule has 1 N–H and O–H groups in total. The third-order valence-electron chi connectivity index (χ3n) is 3.87. The zero-order valence-corrected chi connectivity index (χ0v) is 16.4. The van der Waals surface area contributed by atoms with Gasteiger partial charge in [0.25, 0.3) is 5.56 Å². The minimum absolute atomic E-state index is 0.0630. The highest BCUT2D eigenvalue weighted by Crippen LogP contribution is 2.29. The van der Waals surface area contributed by atoms with Crippen LogP contribution in [0, 0.1) is 0 Å². The van der Waals surface area contributed by atoms with Crippen LogP contribution < -0.4 is 10.9 Å². The number of hydrogen-bond donors (Lipinski definition) is 1. The van der Waals surface area contributed by atoms with Crippen molar-refractivity contribution in [2.75, 3.05) is 5.32 Å². The first-order valence-corrected chi connectivity index (χ1v) is 9.42. The lowest BCUT2D eigenvalue weighted by atomic mass is 10.3. The molecule has 0 fully saturated rings. The Bertz CT molecular complexity index is 1030. The summed E-state index contributed by atoms with van der Waals surface area (Å²) < 4.78 is 38.8. The highest BCUT2D eigenvalue weighted by Gasteiger charge is 2.30. The van der Waals surface area contributed by atoms with E-state index < -0.39 is 17.3 Å². The summed E-state index contributed by atoms with van der Waals surface area (Å²) in [7, 11) is 0. The molecule has 0 aromatic carbocycles. The van der Waals surface area contributed by atoms with Gasteiger partial charge in [0.05, 0.1) is 23.5 Å². The molecule has 11 heteroatoms. The highest BCUT2D eigenvalue weighted by atomic mass is 35.5. The van der Waals surface area contributed by atoms with E-state index in [0.29, 0.717) is 11.9 Å². The Morgan fingerprint density at radius 3 is 2.57 bits per heavy atom. The molecule has 3 aromatic heterocycles. The molecule has 6 nitrogen and oxygen atoms in total. The Balaban J connectivity index is 1.85. The summed E-state index contributed by atoms with van der Waals surface area (Å²) in [6.07, 6.45) is 0.126. The summed E-state index contributed by atoms with van der Waals surface area (Å²) >= 11 is 7.71. The molecule has 0 saturated carbocycles. The van der Waals surface area contributed by atoms with E-state index in [9.17, 15) is 18.0 Å². The molecule has 0 aliphatic carbocycles. The molecule has 0 amide bonds. The van der Waals surface area contributed by atoms with Crippen molar-refractivity contribution in [3.8, 4) is 5.82 Å². The number of rotatable bonds is 5. The smallest absolute Gasteiger partial charge is 0.373 e. The second-order valence-corrected chi connectivity index (χ2v) is 7.40. The van der Waals surface area contributed by atoms with Gasteiger partial charge in [0, 0.05) is 17.3 Å². The molecule has 0 saturated heterocycles. The summed E-state index contributed by atoms with van der Waals surface area (Å²) in [6, 6.07) is 1.68. The largest absolute Gasteiger partial charge is 0.417 e. The first kappa shape index (κ1) is 20.3. The number of aryl methyl sites for hydroxylation is 1. The Hall–Kier alpha value is -2.46. The molecule has 1 atom stereocenters. The Kier molecular flexibility index (Phi) is 5.71. The molecule has 1 unspecified atom stereocenters. The van der Waals surface area contributed by atoms with Gasteiger partial charge in [0.15, 0.2) is 5.82 Å². The predicted molar refractivity (Wildman–Crippen MR) is 101 cm³/mol. The predicted octanol–water partition coefficient (Wildman–Crippen LogP) is 4.49. The minimum Gasteiger partial charge on any atom is -0.373 e. The topological polar surface area (TPSA) is 72.7 Å². The van der Waals surface area contributed by atoms with Gasteiger partial charge in [-0.2, -0.15) is 23.0 Å². The monoisotopic (exact) mass is 429 g/mol. The number of nitrogens with zero attached hydrogens (tertiary/aromatic N) is 4. The quantitative estimate of drug-likeness (QED) is 0.646. The van der Waals surface area contributed by atoms with Gasteiger partial charge in [0.2, 0.25) is 0 Å². The van der Waals surface area contributed by atoms with Crippen LogP contribution in [-0.4, -0.2) is 19.7 Å². The lowest BCUT2D eigenvalue weighted by Crippen LogP contribution is -2.24. The number of thiazole rings is 1. The highest BCUT2D eigenvalue weighted by molar-refractivity contribution is 7.11. The summed E-state index contributed by atoms with van der Waals surface area (Å²) in [4.78, 5) is 21.6. The van der Waals surface area contributed by atoms with Crippen LogP contribution in [0.15, 0.2) is 35.5 Å². The van der Waals surface area contributed by atoms with Crippen molar-refractivity contribution in [1.29, 1.82) is 0 Å². The van der Waals surface area contributed by atoms with Gasteiger partial charge in [-0.25, -0.2) is 9.97 Å². The number of halogens is 4. The second-order valence-electron chi connectivity index (χ2n) is 5.88. The van der Waals surface area contributed by atoms with Crippen molar-refractivity contribution in [3.63, 3.8) is 0 Å². The van der Waals surface area contributed by atoms with Gasteiger partial charge >= 0.3 is 6.18 Å². The summed E-state index contributed by atoms with van der Waals surface area (Å²) in [5.41, 5.74) is -1.31. The Morgan fingerprint density at radius 1 is 1.25 bits per heavy atom. The number of aromatic nitrogens is 4. The van der Waals surface area contributed by atoms with E-state index in [-0.39, 0.29) is 16.9 Å². The number of anilines is 1. The molecule has 3 rings (SSSR count). The fraction of sp³-hybridized carbons (Fsp3) is 0.294. The van der Waals surface area contributed by atoms with Crippen molar-refractivity contribution in [2.24, 2.45) is 0 Å². The standard InChI is InChI=1S/C17H15ClF3N5OS/c1-3-11-7-23-15(28-11)9(2)25-12-8-24-26(16(27)14(12)18)13-5-4-10(6-22-13)17(19,20)21/h4-9,25H,3H2,1-2H3. The van der Waals surface area contributed by atoms with Crippen LogP contribution in [0.2, 0.25) is 5.02 Å². The van der Waals surface area contributed by atoms with Crippen molar-refractivity contribution in [1.82, 2.24) is 19.7 Å². The van der Waals surface area contributed by atoms with Crippen LogP contribution in [0.25, 0.3) is 5.82 Å². The fourth-order valence-corrected chi connectivity index (χ4v) is 3.40. The van der Waals surface area contributed by atoms with Gasteiger partial charge in [-0.15, -0.1) is 11.3 Å². The van der Waals surface area contributed by atoms with Crippen LogP contribution >= 0.6 is 22.9 Å². The molecule has 0 aliphatic heterocycles. The van der Waals surface area contributed by atoms with Crippen molar-refractivity contribution >= 4 is 28.6 Å².